The lowest BCUT2D eigenvalue weighted by molar-refractivity contribution is 0.324. The lowest BCUT2D eigenvalue weighted by Crippen LogP contribution is -2.21. The molecule has 0 aromatic heterocycles. The average Bonchev–Trinajstić information content (AvgIpc) is 2.08. The van der Waals surface area contributed by atoms with Gasteiger partial charge >= 0.3 is 15.2 Å². The molecule has 0 rings (SSSR count). The number of halogens is 1. The Bertz CT molecular complexity index is 286. The van der Waals surface area contributed by atoms with E-state index in [0.717, 1.165) is 12.8 Å². The third-order valence-corrected chi connectivity index (χ3v) is 7.55. The first-order valence-electron chi connectivity index (χ1n) is 4.86. The molecule has 98 valence electrons. The molecule has 6 nitrogen and oxygen atoms in total. The first kappa shape index (κ1) is 16.6. The van der Waals surface area contributed by atoms with Crippen LogP contribution in [0.15, 0.2) is 0 Å². The van der Waals surface area contributed by atoms with E-state index in [2.05, 4.69) is 0 Å². The van der Waals surface area contributed by atoms with Crippen LogP contribution >= 0.6 is 26.8 Å². The highest BCUT2D eigenvalue weighted by molar-refractivity contribution is 7.75. The smallest absolute Gasteiger partial charge is 0.323 e. The van der Waals surface area contributed by atoms with Gasteiger partial charge in [-0.3, -0.25) is 9.13 Å². The highest BCUT2D eigenvalue weighted by Gasteiger charge is 2.58. The molecule has 0 heterocycles. The predicted octanol–water partition coefficient (Wildman–Crippen LogP) is 2.20. The first-order chi connectivity index (χ1) is 7.06. The SMILES string of the molecule is CCCCCCC(Cl)(P(=O)(O)O)P(=O)(O)O. The highest BCUT2D eigenvalue weighted by Crippen LogP contribution is 2.73. The van der Waals surface area contributed by atoms with E-state index in [0.29, 0.717) is 6.42 Å². The average molecular weight is 295 g/mol. The van der Waals surface area contributed by atoms with E-state index < -0.39 is 26.0 Å². The molecule has 0 saturated heterocycles. The van der Waals surface area contributed by atoms with Crippen LogP contribution in [0.2, 0.25) is 0 Å². The van der Waals surface area contributed by atoms with E-state index in [4.69, 9.17) is 31.2 Å². The Labute approximate surface area is 99.3 Å². The third kappa shape index (κ3) is 4.11. The Hall–Kier alpha value is 0.590. The number of hydrogen-bond acceptors (Lipinski definition) is 2. The van der Waals surface area contributed by atoms with Crippen molar-refractivity contribution < 1.29 is 28.7 Å². The van der Waals surface area contributed by atoms with Gasteiger partial charge in [-0.05, 0) is 6.42 Å². The van der Waals surface area contributed by atoms with Gasteiger partial charge in [-0.1, -0.05) is 44.2 Å². The highest BCUT2D eigenvalue weighted by atomic mass is 35.5. The molecule has 0 aliphatic heterocycles. The quantitative estimate of drug-likeness (QED) is 0.325. The van der Waals surface area contributed by atoms with Gasteiger partial charge in [0.25, 0.3) is 0 Å². The molecule has 0 spiro atoms. The van der Waals surface area contributed by atoms with Gasteiger partial charge in [-0.15, -0.1) is 0 Å². The summed E-state index contributed by atoms with van der Waals surface area (Å²) >= 11 is 5.44. The van der Waals surface area contributed by atoms with Crippen molar-refractivity contribution in [3.05, 3.63) is 0 Å². The van der Waals surface area contributed by atoms with Crippen LogP contribution in [0.1, 0.15) is 39.0 Å². The van der Waals surface area contributed by atoms with Crippen LogP contribution in [0.3, 0.4) is 0 Å². The van der Waals surface area contributed by atoms with Crippen LogP contribution in [0.4, 0.5) is 0 Å². The van der Waals surface area contributed by atoms with E-state index in [1.54, 1.807) is 0 Å². The van der Waals surface area contributed by atoms with Crippen molar-refractivity contribution >= 4 is 26.8 Å². The van der Waals surface area contributed by atoms with Gasteiger partial charge in [-0.25, -0.2) is 0 Å². The van der Waals surface area contributed by atoms with Crippen molar-refractivity contribution in [2.45, 2.75) is 43.4 Å². The normalized spacial score (nSPS) is 14.1. The molecule has 0 aromatic carbocycles. The van der Waals surface area contributed by atoms with Crippen molar-refractivity contribution in [2.75, 3.05) is 0 Å². The summed E-state index contributed by atoms with van der Waals surface area (Å²) in [6, 6.07) is 0. The molecule has 0 atom stereocenters. The Morgan fingerprint density at radius 1 is 1.00 bits per heavy atom. The molecular weight excluding hydrogens is 277 g/mol. The van der Waals surface area contributed by atoms with Crippen LogP contribution in [-0.2, 0) is 9.13 Å². The molecule has 9 heteroatoms. The summed E-state index contributed by atoms with van der Waals surface area (Å²) in [5.41, 5.74) is 0. The molecule has 0 fully saturated rings. The molecule has 0 aliphatic rings. The number of rotatable bonds is 7. The second-order valence-electron chi connectivity index (χ2n) is 3.62. The minimum Gasteiger partial charge on any atom is -0.323 e. The topological polar surface area (TPSA) is 115 Å². The maximum atomic E-state index is 11.0. The third-order valence-electron chi connectivity index (χ3n) is 2.24. The van der Waals surface area contributed by atoms with Crippen LogP contribution in [0.25, 0.3) is 0 Å². The van der Waals surface area contributed by atoms with E-state index >= 15 is 0 Å². The fourth-order valence-electron chi connectivity index (χ4n) is 1.24. The van der Waals surface area contributed by atoms with Crippen molar-refractivity contribution in [1.82, 2.24) is 0 Å². The standard InChI is InChI=1S/C7H17ClO6P2/c1-2-3-4-5-6-7(8,15(9,10)11)16(12,13)14/h2-6H2,1H3,(H2,9,10,11)(H2,12,13,14). The Kier molecular flexibility index (Phi) is 6.18. The monoisotopic (exact) mass is 294 g/mol. The Morgan fingerprint density at radius 3 is 1.75 bits per heavy atom. The van der Waals surface area contributed by atoms with Crippen molar-refractivity contribution in [3.8, 4) is 0 Å². The molecular formula is C7H17ClO6P2. The van der Waals surface area contributed by atoms with Crippen molar-refractivity contribution in [1.29, 1.82) is 0 Å². The van der Waals surface area contributed by atoms with E-state index in [9.17, 15) is 9.13 Å². The zero-order chi connectivity index (χ0) is 13.0. The maximum absolute atomic E-state index is 11.0. The lowest BCUT2D eigenvalue weighted by Gasteiger charge is -2.28. The second-order valence-corrected chi connectivity index (χ2v) is 8.85. The molecule has 0 aliphatic carbocycles. The van der Waals surface area contributed by atoms with Gasteiger partial charge < -0.3 is 19.6 Å². The maximum Gasteiger partial charge on any atom is 0.358 e. The zero-order valence-corrected chi connectivity index (χ0v) is 11.5. The summed E-state index contributed by atoms with van der Waals surface area (Å²) in [4.78, 5) is 35.7. The summed E-state index contributed by atoms with van der Waals surface area (Å²) in [7, 11) is -10.1. The number of alkyl halides is 1. The minimum atomic E-state index is -5.06. The van der Waals surface area contributed by atoms with Crippen LogP contribution in [0.5, 0.6) is 0 Å². The summed E-state index contributed by atoms with van der Waals surface area (Å²) < 4.78 is 19.3. The molecule has 0 radical (unpaired) electrons. The summed E-state index contributed by atoms with van der Waals surface area (Å²) in [6.45, 7) is 1.94. The van der Waals surface area contributed by atoms with E-state index in [-0.39, 0.29) is 6.42 Å². The second kappa shape index (κ2) is 5.96. The van der Waals surface area contributed by atoms with Gasteiger partial charge in [0, 0.05) is 0 Å². The fourth-order valence-corrected chi connectivity index (χ4v) is 3.63. The number of hydrogen-bond donors (Lipinski definition) is 4. The van der Waals surface area contributed by atoms with Gasteiger partial charge in [0.15, 0.2) is 0 Å². The minimum absolute atomic E-state index is 0.271. The summed E-state index contributed by atoms with van der Waals surface area (Å²) in [6.07, 6.45) is 2.23. The van der Waals surface area contributed by atoms with Crippen molar-refractivity contribution in [3.63, 3.8) is 0 Å². The van der Waals surface area contributed by atoms with Gasteiger partial charge in [0.05, 0.1) is 0 Å². The van der Waals surface area contributed by atoms with Crippen LogP contribution in [-0.4, -0.2) is 23.9 Å². The predicted molar refractivity (Wildman–Crippen MR) is 61.4 cm³/mol. The Balaban J connectivity index is 4.73. The van der Waals surface area contributed by atoms with Gasteiger partial charge in [0.2, 0.25) is 4.36 Å². The van der Waals surface area contributed by atoms with Gasteiger partial charge in [-0.2, -0.15) is 0 Å². The number of unbranched alkanes of at least 4 members (excludes halogenated alkanes) is 3. The van der Waals surface area contributed by atoms with Crippen LogP contribution < -0.4 is 0 Å². The molecule has 4 N–H and O–H groups in total. The molecule has 0 bridgehead atoms. The van der Waals surface area contributed by atoms with E-state index in [1.807, 2.05) is 6.92 Å². The van der Waals surface area contributed by atoms with E-state index in [1.165, 1.54) is 0 Å². The first-order valence-corrected chi connectivity index (χ1v) is 8.46. The Morgan fingerprint density at radius 2 is 1.44 bits per heavy atom. The summed E-state index contributed by atoms with van der Waals surface area (Å²) in [5.74, 6) is 0. The fraction of sp³-hybridized carbons (Fsp3) is 1.00. The zero-order valence-electron chi connectivity index (χ0n) is 8.91. The molecule has 0 unspecified atom stereocenters. The molecule has 0 saturated carbocycles. The largest absolute Gasteiger partial charge is 0.358 e. The van der Waals surface area contributed by atoms with Crippen molar-refractivity contribution in [2.24, 2.45) is 0 Å². The van der Waals surface area contributed by atoms with Crippen LogP contribution in [0, 0.1) is 0 Å². The summed E-state index contributed by atoms with van der Waals surface area (Å²) in [5, 5.41) is 0. The molecule has 0 amide bonds. The molecule has 16 heavy (non-hydrogen) atoms. The molecule has 0 aromatic rings. The van der Waals surface area contributed by atoms with Gasteiger partial charge in [0.1, 0.15) is 0 Å². The lowest BCUT2D eigenvalue weighted by atomic mass is 10.2.